The molecule has 0 aromatic carbocycles. The average Bonchev–Trinajstić information content (AvgIpc) is 3.41. The van der Waals surface area contributed by atoms with Gasteiger partial charge in [-0.2, -0.15) is 0 Å². The summed E-state index contributed by atoms with van der Waals surface area (Å²) in [4.78, 5) is 13.2. The van der Waals surface area contributed by atoms with Gasteiger partial charge in [-0.3, -0.25) is 4.79 Å². The number of rotatable bonds is 44. The minimum absolute atomic E-state index is 0.213. The van der Waals surface area contributed by atoms with E-state index in [-0.39, 0.29) is 18.9 Å². The van der Waals surface area contributed by atoms with Crippen molar-refractivity contribution in [3.05, 3.63) is 97.2 Å². The van der Waals surface area contributed by atoms with Crippen molar-refractivity contribution >= 4 is 5.91 Å². The molecule has 9 N–H and O–H groups in total. The van der Waals surface area contributed by atoms with E-state index >= 15 is 0 Å². The third kappa shape index (κ3) is 31.8. The van der Waals surface area contributed by atoms with E-state index in [0.29, 0.717) is 12.8 Å². The van der Waals surface area contributed by atoms with Crippen molar-refractivity contribution < 1.29 is 64.6 Å². The molecule has 430 valence electrons. The van der Waals surface area contributed by atoms with Crippen LogP contribution in [-0.4, -0.2) is 140 Å². The number of unbranched alkanes of at least 4 members (excludes halogenated alkanes) is 17. The second-order valence-electron chi connectivity index (χ2n) is 20.0. The molecular weight excluding hydrogens is 955 g/mol. The molecule has 75 heavy (non-hydrogen) atoms. The molecule has 0 radical (unpaired) electrons. The lowest BCUT2D eigenvalue weighted by Crippen LogP contribution is -2.65. The van der Waals surface area contributed by atoms with E-state index in [1.54, 1.807) is 6.08 Å². The van der Waals surface area contributed by atoms with Gasteiger partial charge in [0.15, 0.2) is 12.6 Å². The Morgan fingerprint density at radius 3 is 1.47 bits per heavy atom. The number of aliphatic hydroxyl groups excluding tert-OH is 8. The van der Waals surface area contributed by atoms with Crippen molar-refractivity contribution in [1.29, 1.82) is 0 Å². The van der Waals surface area contributed by atoms with Gasteiger partial charge >= 0.3 is 0 Å². The Kier molecular flexibility index (Phi) is 41.6. The third-order valence-electron chi connectivity index (χ3n) is 13.5. The van der Waals surface area contributed by atoms with Gasteiger partial charge < -0.3 is 65.1 Å². The summed E-state index contributed by atoms with van der Waals surface area (Å²) in [6.07, 6.45) is 45.9. The summed E-state index contributed by atoms with van der Waals surface area (Å²) in [5.74, 6) is -0.295. The van der Waals surface area contributed by atoms with Crippen LogP contribution in [0, 0.1) is 0 Å². The molecule has 0 aliphatic carbocycles. The first-order valence-corrected chi connectivity index (χ1v) is 29.0. The molecule has 2 saturated heterocycles. The number of hydrogen-bond acceptors (Lipinski definition) is 13. The number of carbonyl (C=O) groups excluding carboxylic acids is 1. The summed E-state index contributed by atoms with van der Waals surface area (Å²) in [5.41, 5.74) is 0. The monoisotopic (exact) mass is 1060 g/mol. The molecule has 2 heterocycles. The molecule has 1 amide bonds. The Morgan fingerprint density at radius 2 is 0.933 bits per heavy atom. The average molecular weight is 1060 g/mol. The molecule has 12 atom stereocenters. The van der Waals surface area contributed by atoms with Crippen molar-refractivity contribution in [1.82, 2.24) is 5.32 Å². The van der Waals surface area contributed by atoms with Gasteiger partial charge in [-0.05, 0) is 83.5 Å². The molecule has 2 aliphatic rings. The van der Waals surface area contributed by atoms with E-state index in [2.05, 4.69) is 104 Å². The molecule has 0 bridgehead atoms. The normalized spacial score (nSPS) is 25.8. The van der Waals surface area contributed by atoms with E-state index in [0.717, 1.165) is 64.2 Å². The first-order chi connectivity index (χ1) is 36.6. The highest BCUT2D eigenvalue weighted by Gasteiger charge is 2.51. The number of allylic oxidation sites excluding steroid dienone is 15. The second kappa shape index (κ2) is 45.9. The summed E-state index contributed by atoms with van der Waals surface area (Å²) in [5, 5.41) is 87.0. The number of aliphatic hydroxyl groups is 8. The van der Waals surface area contributed by atoms with Crippen LogP contribution in [0.3, 0.4) is 0 Å². The zero-order valence-electron chi connectivity index (χ0n) is 46.0. The quantitative estimate of drug-likeness (QED) is 0.0205. The topological polar surface area (TPSA) is 228 Å². The minimum Gasteiger partial charge on any atom is -0.394 e. The maximum absolute atomic E-state index is 13.2. The number of ether oxygens (including phenoxy) is 4. The third-order valence-corrected chi connectivity index (χ3v) is 13.5. The number of nitrogens with one attached hydrogen (secondary N) is 1. The number of hydrogen-bond donors (Lipinski definition) is 9. The van der Waals surface area contributed by atoms with Crippen LogP contribution in [0.2, 0.25) is 0 Å². The lowest BCUT2D eigenvalue weighted by Gasteiger charge is -2.46. The van der Waals surface area contributed by atoms with Crippen molar-refractivity contribution in [2.24, 2.45) is 0 Å². The van der Waals surface area contributed by atoms with Crippen LogP contribution in [0.25, 0.3) is 0 Å². The molecule has 0 aromatic heterocycles. The summed E-state index contributed by atoms with van der Waals surface area (Å²) >= 11 is 0. The van der Waals surface area contributed by atoms with Crippen molar-refractivity contribution in [3.8, 4) is 0 Å². The fraction of sp³-hybridized carbons (Fsp3) is 0.721. The van der Waals surface area contributed by atoms with Gasteiger partial charge in [0, 0.05) is 6.42 Å². The Bertz CT molecular complexity index is 1620. The smallest absolute Gasteiger partial charge is 0.220 e. The van der Waals surface area contributed by atoms with Crippen LogP contribution >= 0.6 is 0 Å². The predicted molar refractivity (Wildman–Crippen MR) is 299 cm³/mol. The van der Waals surface area contributed by atoms with Crippen LogP contribution in [0.5, 0.6) is 0 Å². The van der Waals surface area contributed by atoms with Gasteiger partial charge in [0.2, 0.25) is 5.91 Å². The zero-order valence-corrected chi connectivity index (χ0v) is 46.0. The van der Waals surface area contributed by atoms with Crippen LogP contribution in [-0.2, 0) is 23.7 Å². The van der Waals surface area contributed by atoms with Crippen LogP contribution < -0.4 is 5.32 Å². The van der Waals surface area contributed by atoms with Crippen molar-refractivity contribution in [2.45, 2.75) is 261 Å². The zero-order chi connectivity index (χ0) is 54.6. The van der Waals surface area contributed by atoms with Crippen LogP contribution in [0.15, 0.2) is 97.2 Å². The second-order valence-corrected chi connectivity index (χ2v) is 20.0. The molecule has 0 aromatic rings. The van der Waals surface area contributed by atoms with Gasteiger partial charge in [0.05, 0.1) is 32.0 Å². The van der Waals surface area contributed by atoms with Gasteiger partial charge in [-0.15, -0.1) is 0 Å². The number of amides is 1. The summed E-state index contributed by atoms with van der Waals surface area (Å²) in [6, 6.07) is -0.961. The van der Waals surface area contributed by atoms with Gasteiger partial charge in [-0.1, -0.05) is 195 Å². The highest BCUT2D eigenvalue weighted by molar-refractivity contribution is 5.76. The van der Waals surface area contributed by atoms with Gasteiger partial charge in [-0.25, -0.2) is 0 Å². The summed E-state index contributed by atoms with van der Waals surface area (Å²) in [7, 11) is 0. The summed E-state index contributed by atoms with van der Waals surface area (Å²) in [6.45, 7) is 2.62. The van der Waals surface area contributed by atoms with E-state index in [4.69, 9.17) is 18.9 Å². The van der Waals surface area contributed by atoms with E-state index in [9.17, 15) is 45.6 Å². The highest BCUT2D eigenvalue weighted by atomic mass is 16.7. The lowest BCUT2D eigenvalue weighted by molar-refractivity contribution is -0.359. The largest absolute Gasteiger partial charge is 0.394 e. The van der Waals surface area contributed by atoms with Gasteiger partial charge in [0.1, 0.15) is 48.8 Å². The van der Waals surface area contributed by atoms with Crippen molar-refractivity contribution in [3.63, 3.8) is 0 Å². The Hall–Kier alpha value is -3.09. The molecule has 14 heteroatoms. The van der Waals surface area contributed by atoms with E-state index in [1.807, 2.05) is 6.08 Å². The molecule has 2 rings (SSSR count). The Morgan fingerprint density at radius 1 is 0.493 bits per heavy atom. The summed E-state index contributed by atoms with van der Waals surface area (Å²) < 4.78 is 22.7. The van der Waals surface area contributed by atoms with Crippen LogP contribution in [0.1, 0.15) is 187 Å². The molecule has 0 spiro atoms. The molecule has 2 aliphatic heterocycles. The van der Waals surface area contributed by atoms with Crippen molar-refractivity contribution in [2.75, 3.05) is 19.8 Å². The molecular formula is C61H103NO13. The maximum atomic E-state index is 13.2. The van der Waals surface area contributed by atoms with E-state index < -0.39 is 86.8 Å². The Labute approximate surface area is 452 Å². The fourth-order valence-corrected chi connectivity index (χ4v) is 8.84. The molecule has 14 nitrogen and oxygen atoms in total. The van der Waals surface area contributed by atoms with Crippen LogP contribution in [0.4, 0.5) is 0 Å². The first-order valence-electron chi connectivity index (χ1n) is 29.0. The molecule has 12 unspecified atom stereocenters. The Balaban J connectivity index is 1.84. The highest BCUT2D eigenvalue weighted by Crippen LogP contribution is 2.30. The maximum Gasteiger partial charge on any atom is 0.220 e. The standard InChI is InChI=1S/C61H103NO13/c1-3-5-7-9-11-13-15-17-19-21-23-25-27-29-31-33-35-37-39-41-43-45-53(66)62-49(50(65)44-42-40-38-36-34-32-30-28-26-24-22-20-18-16-14-12-10-8-6-4-2)48-72-60-58(71)56(69)59(52(47-64)74-60)75-61-57(70)55(68)54(67)51(46-63)73-61/h5,7,11,13,17,19,23,25,29,31,34-37,42,44,49-52,54-61,63-65,67-71H,3-4,6,8-10,12,14-16,18,20-22,24,26-28,30,32-33,38-41,43,45-48H2,1-2H3,(H,62,66)/b7-5-,13-11-,19-17-,25-23-,31-29-,36-34+,37-35-,44-42+. The molecule has 0 saturated carbocycles. The van der Waals surface area contributed by atoms with Gasteiger partial charge in [0.25, 0.3) is 0 Å². The first kappa shape index (κ1) is 68.0. The molecule has 2 fully saturated rings. The lowest BCUT2D eigenvalue weighted by atomic mass is 9.97. The predicted octanol–water partition coefficient (Wildman–Crippen LogP) is 9.49. The minimum atomic E-state index is -1.80. The van der Waals surface area contributed by atoms with E-state index in [1.165, 1.54) is 89.9 Å². The number of carbonyl (C=O) groups is 1. The fourth-order valence-electron chi connectivity index (χ4n) is 8.84. The SMILES string of the molecule is CC/C=C\C/C=C\C/C=C\C/C=C\C/C=C\C/C=C\CCCCC(=O)NC(COC1OC(CO)C(OC2OC(CO)C(O)C(O)C2O)C(O)C1O)C(O)/C=C/CC/C=C/CCCCCCCCCCCCCCCC.